The van der Waals surface area contributed by atoms with E-state index in [1.165, 1.54) is 0 Å². The lowest BCUT2D eigenvalue weighted by Crippen LogP contribution is -2.38. The third kappa shape index (κ3) is 1.60. The number of rotatable bonds is 3. The Bertz CT molecular complexity index is 574. The van der Waals surface area contributed by atoms with Crippen molar-refractivity contribution >= 4 is 17.0 Å². The molecule has 0 amide bonds. The number of aryl methyl sites for hydroxylation is 1. The molecule has 0 aliphatic rings. The van der Waals surface area contributed by atoms with E-state index in [2.05, 4.69) is 4.98 Å². The molecule has 90 valence electrons. The second kappa shape index (κ2) is 3.87. The van der Waals surface area contributed by atoms with Gasteiger partial charge in [-0.2, -0.15) is 0 Å². The highest BCUT2D eigenvalue weighted by molar-refractivity contribution is 5.82. The third-order valence-corrected chi connectivity index (χ3v) is 3.37. The number of benzene rings is 1. The van der Waals surface area contributed by atoms with Crippen molar-refractivity contribution in [3.05, 3.63) is 30.1 Å². The maximum Gasteiger partial charge on any atom is 0.329 e. The molecule has 4 heteroatoms. The zero-order valence-corrected chi connectivity index (χ0v) is 10.3. The summed E-state index contributed by atoms with van der Waals surface area (Å²) in [5.74, 6) is -0.0933. The van der Waals surface area contributed by atoms with Gasteiger partial charge in [-0.1, -0.05) is 19.1 Å². The van der Waals surface area contributed by atoms with Crippen molar-refractivity contribution in [2.24, 2.45) is 0 Å². The van der Waals surface area contributed by atoms with Crippen LogP contribution in [0.15, 0.2) is 24.3 Å². The van der Waals surface area contributed by atoms with Crippen LogP contribution in [-0.2, 0) is 10.3 Å². The minimum Gasteiger partial charge on any atom is -0.479 e. The minimum absolute atomic E-state index is 0.517. The van der Waals surface area contributed by atoms with Gasteiger partial charge in [-0.25, -0.2) is 9.78 Å². The first kappa shape index (κ1) is 11.6. The zero-order chi connectivity index (χ0) is 12.6. The van der Waals surface area contributed by atoms with Gasteiger partial charge in [-0.05, 0) is 32.4 Å². The Morgan fingerprint density at radius 2 is 2.12 bits per heavy atom. The molecule has 1 heterocycles. The minimum atomic E-state index is -0.944. The molecule has 1 atom stereocenters. The number of hydrogen-bond donors (Lipinski definition) is 1. The maximum absolute atomic E-state index is 11.5. The van der Waals surface area contributed by atoms with Crippen molar-refractivity contribution in [1.82, 2.24) is 9.55 Å². The first-order valence-electron chi connectivity index (χ1n) is 5.68. The van der Waals surface area contributed by atoms with E-state index >= 15 is 0 Å². The molecule has 17 heavy (non-hydrogen) atoms. The summed E-state index contributed by atoms with van der Waals surface area (Å²) in [6.45, 7) is 5.45. The van der Waals surface area contributed by atoms with E-state index in [1.807, 2.05) is 42.7 Å². The van der Waals surface area contributed by atoms with Gasteiger partial charge >= 0.3 is 5.97 Å². The molecule has 2 aromatic rings. The molecular formula is C13H16N2O2. The number of aliphatic carboxylic acids is 1. The molecule has 1 aromatic heterocycles. The van der Waals surface area contributed by atoms with Gasteiger partial charge in [0.1, 0.15) is 11.4 Å². The molecule has 0 aliphatic heterocycles. The van der Waals surface area contributed by atoms with E-state index in [0.717, 1.165) is 16.9 Å². The standard InChI is InChI=1S/C13H16N2O2/c1-4-13(3,12(16)17)15-9(2)14-10-7-5-6-8-11(10)15/h5-8H,4H2,1-3H3,(H,16,17). The number of para-hydroxylation sites is 2. The van der Waals surface area contributed by atoms with Gasteiger partial charge in [-0.15, -0.1) is 0 Å². The highest BCUT2D eigenvalue weighted by Crippen LogP contribution is 2.28. The van der Waals surface area contributed by atoms with Crippen LogP contribution in [-0.4, -0.2) is 20.6 Å². The van der Waals surface area contributed by atoms with Crippen molar-refractivity contribution in [2.75, 3.05) is 0 Å². The average Bonchev–Trinajstić information content (AvgIpc) is 2.64. The van der Waals surface area contributed by atoms with Gasteiger partial charge in [0.2, 0.25) is 0 Å². The highest BCUT2D eigenvalue weighted by Gasteiger charge is 2.35. The van der Waals surface area contributed by atoms with Crippen LogP contribution < -0.4 is 0 Å². The Morgan fingerprint density at radius 3 is 2.71 bits per heavy atom. The molecule has 2 rings (SSSR count). The van der Waals surface area contributed by atoms with Crippen molar-refractivity contribution in [2.45, 2.75) is 32.7 Å². The fourth-order valence-corrected chi connectivity index (χ4v) is 2.17. The summed E-state index contributed by atoms with van der Waals surface area (Å²) in [5.41, 5.74) is 0.767. The van der Waals surface area contributed by atoms with Crippen LogP contribution in [0.5, 0.6) is 0 Å². The SMILES string of the molecule is CCC(C)(C(=O)O)n1c(C)nc2ccccc21. The number of carbonyl (C=O) groups is 1. The number of aromatic nitrogens is 2. The summed E-state index contributed by atoms with van der Waals surface area (Å²) in [4.78, 5) is 15.9. The number of hydrogen-bond acceptors (Lipinski definition) is 2. The second-order valence-electron chi connectivity index (χ2n) is 4.42. The Labute approximate surface area is 99.9 Å². The molecule has 0 spiro atoms. The lowest BCUT2D eigenvalue weighted by molar-refractivity contribution is -0.146. The monoisotopic (exact) mass is 232 g/mol. The summed E-state index contributed by atoms with van der Waals surface area (Å²) in [6, 6.07) is 7.62. The predicted molar refractivity (Wildman–Crippen MR) is 66.0 cm³/mol. The summed E-state index contributed by atoms with van der Waals surface area (Å²) in [5, 5.41) is 9.44. The van der Waals surface area contributed by atoms with Gasteiger partial charge < -0.3 is 9.67 Å². The van der Waals surface area contributed by atoms with Gasteiger partial charge in [0.15, 0.2) is 0 Å². The quantitative estimate of drug-likeness (QED) is 0.884. The molecule has 1 N–H and O–H groups in total. The topological polar surface area (TPSA) is 55.1 Å². The normalized spacial score (nSPS) is 14.8. The van der Waals surface area contributed by atoms with Gasteiger partial charge in [-0.3, -0.25) is 0 Å². The second-order valence-corrected chi connectivity index (χ2v) is 4.42. The molecular weight excluding hydrogens is 216 g/mol. The first-order valence-corrected chi connectivity index (χ1v) is 5.68. The smallest absolute Gasteiger partial charge is 0.329 e. The number of nitrogens with zero attached hydrogens (tertiary/aromatic N) is 2. The van der Waals surface area contributed by atoms with E-state index in [0.29, 0.717) is 6.42 Å². The van der Waals surface area contributed by atoms with Gasteiger partial charge in [0.25, 0.3) is 0 Å². The van der Waals surface area contributed by atoms with Crippen LogP contribution >= 0.6 is 0 Å². The Morgan fingerprint density at radius 1 is 1.47 bits per heavy atom. The molecule has 0 aliphatic carbocycles. The summed E-state index contributed by atoms with van der Waals surface area (Å²) in [7, 11) is 0. The fourth-order valence-electron chi connectivity index (χ4n) is 2.17. The summed E-state index contributed by atoms with van der Waals surface area (Å²) < 4.78 is 1.81. The highest BCUT2D eigenvalue weighted by atomic mass is 16.4. The first-order chi connectivity index (χ1) is 8.00. The lowest BCUT2D eigenvalue weighted by atomic mass is 9.98. The number of fused-ring (bicyclic) bond motifs is 1. The van der Waals surface area contributed by atoms with Crippen LogP contribution in [0.4, 0.5) is 0 Å². The van der Waals surface area contributed by atoms with Crippen LogP contribution in [0.3, 0.4) is 0 Å². The Hall–Kier alpha value is -1.84. The van der Waals surface area contributed by atoms with E-state index in [4.69, 9.17) is 0 Å². The fraction of sp³-hybridized carbons (Fsp3) is 0.385. The van der Waals surface area contributed by atoms with Gasteiger partial charge in [0, 0.05) is 0 Å². The van der Waals surface area contributed by atoms with Crippen molar-refractivity contribution in [1.29, 1.82) is 0 Å². The van der Waals surface area contributed by atoms with Crippen LogP contribution in [0.25, 0.3) is 11.0 Å². The molecule has 0 saturated heterocycles. The average molecular weight is 232 g/mol. The molecule has 0 bridgehead atoms. The van der Waals surface area contributed by atoms with E-state index in [1.54, 1.807) is 6.92 Å². The van der Waals surface area contributed by atoms with E-state index in [-0.39, 0.29) is 0 Å². The Balaban J connectivity index is 2.77. The number of carboxylic acid groups (broad SMARTS) is 1. The third-order valence-electron chi connectivity index (χ3n) is 3.37. The van der Waals surface area contributed by atoms with Crippen molar-refractivity contribution in [3.63, 3.8) is 0 Å². The number of carboxylic acids is 1. The van der Waals surface area contributed by atoms with Crippen LogP contribution in [0.2, 0.25) is 0 Å². The lowest BCUT2D eigenvalue weighted by Gasteiger charge is -2.27. The van der Waals surface area contributed by atoms with Crippen LogP contribution in [0.1, 0.15) is 26.1 Å². The molecule has 0 fully saturated rings. The van der Waals surface area contributed by atoms with E-state index in [9.17, 15) is 9.90 Å². The summed E-state index contributed by atoms with van der Waals surface area (Å²) >= 11 is 0. The summed E-state index contributed by atoms with van der Waals surface area (Å²) in [6.07, 6.45) is 0.517. The Kier molecular flexibility index (Phi) is 2.65. The largest absolute Gasteiger partial charge is 0.479 e. The zero-order valence-electron chi connectivity index (χ0n) is 10.3. The maximum atomic E-state index is 11.5. The molecule has 1 aromatic carbocycles. The molecule has 4 nitrogen and oxygen atoms in total. The van der Waals surface area contributed by atoms with Crippen LogP contribution in [0, 0.1) is 6.92 Å². The van der Waals surface area contributed by atoms with Gasteiger partial charge in [0.05, 0.1) is 11.0 Å². The molecule has 0 radical (unpaired) electrons. The predicted octanol–water partition coefficient (Wildman–Crippen LogP) is 2.55. The molecule has 0 saturated carbocycles. The van der Waals surface area contributed by atoms with Crippen molar-refractivity contribution < 1.29 is 9.90 Å². The molecule has 1 unspecified atom stereocenters. The van der Waals surface area contributed by atoms with E-state index < -0.39 is 11.5 Å². The van der Waals surface area contributed by atoms with Crippen molar-refractivity contribution in [3.8, 4) is 0 Å². The number of imidazole rings is 1.